The Bertz CT molecular complexity index is 885. The van der Waals surface area contributed by atoms with Crippen molar-refractivity contribution in [2.75, 3.05) is 19.9 Å². The van der Waals surface area contributed by atoms with E-state index in [1.54, 1.807) is 0 Å². The second kappa shape index (κ2) is 5.49. The highest BCUT2D eigenvalue weighted by atomic mass is 16.7. The number of nitrogens with one attached hydrogen (secondary N) is 1. The highest BCUT2D eigenvalue weighted by Gasteiger charge is 2.25. The number of imidazole rings is 1. The SMILES string of the molecule is c1cc(-c2nc3cc4c(cc3n2C2CCNCC2)OCO4)ccn1. The molecule has 2 aliphatic heterocycles. The van der Waals surface area contributed by atoms with Gasteiger partial charge in [0.2, 0.25) is 6.79 Å². The second-order valence-corrected chi connectivity index (χ2v) is 6.22. The van der Waals surface area contributed by atoms with Crippen LogP contribution >= 0.6 is 0 Å². The standard InChI is InChI=1S/C18H18N4O2/c1-5-19-6-2-12(1)18-21-14-9-16-17(24-11-23-16)10-15(14)22(18)13-3-7-20-8-4-13/h1-2,5-6,9-10,13,20H,3-4,7-8,11H2. The van der Waals surface area contributed by atoms with Crippen molar-refractivity contribution in [1.82, 2.24) is 19.9 Å². The van der Waals surface area contributed by atoms with Gasteiger partial charge < -0.3 is 19.4 Å². The van der Waals surface area contributed by atoms with Gasteiger partial charge in [0.25, 0.3) is 0 Å². The number of nitrogens with zero attached hydrogens (tertiary/aromatic N) is 3. The Labute approximate surface area is 139 Å². The molecule has 0 spiro atoms. The number of hydrogen-bond donors (Lipinski definition) is 1. The molecular weight excluding hydrogens is 304 g/mol. The maximum absolute atomic E-state index is 5.58. The topological polar surface area (TPSA) is 61.2 Å². The van der Waals surface area contributed by atoms with Crippen molar-refractivity contribution in [3.63, 3.8) is 0 Å². The van der Waals surface area contributed by atoms with E-state index in [0.29, 0.717) is 6.04 Å². The van der Waals surface area contributed by atoms with Gasteiger partial charge in [-0.25, -0.2) is 4.98 Å². The van der Waals surface area contributed by atoms with Gasteiger partial charge in [0, 0.05) is 36.1 Å². The van der Waals surface area contributed by atoms with Crippen molar-refractivity contribution in [1.29, 1.82) is 0 Å². The third-order valence-electron chi connectivity index (χ3n) is 4.80. The van der Waals surface area contributed by atoms with Gasteiger partial charge in [-0.3, -0.25) is 4.98 Å². The molecule has 5 rings (SSSR count). The first-order chi connectivity index (χ1) is 11.9. The summed E-state index contributed by atoms with van der Waals surface area (Å²) >= 11 is 0. The Morgan fingerprint density at radius 2 is 1.79 bits per heavy atom. The summed E-state index contributed by atoms with van der Waals surface area (Å²) in [6.45, 7) is 2.35. The maximum Gasteiger partial charge on any atom is 0.231 e. The first kappa shape index (κ1) is 13.8. The molecule has 0 atom stereocenters. The van der Waals surface area contributed by atoms with Crippen LogP contribution < -0.4 is 14.8 Å². The minimum atomic E-state index is 0.284. The third kappa shape index (κ3) is 2.14. The quantitative estimate of drug-likeness (QED) is 0.786. The Morgan fingerprint density at radius 3 is 2.58 bits per heavy atom. The van der Waals surface area contributed by atoms with Gasteiger partial charge in [-0.1, -0.05) is 0 Å². The summed E-state index contributed by atoms with van der Waals surface area (Å²) in [5, 5.41) is 3.44. The molecule has 6 nitrogen and oxygen atoms in total. The lowest BCUT2D eigenvalue weighted by molar-refractivity contribution is 0.174. The van der Waals surface area contributed by atoms with Gasteiger partial charge in [0.05, 0.1) is 11.0 Å². The van der Waals surface area contributed by atoms with Crippen molar-refractivity contribution < 1.29 is 9.47 Å². The number of piperidine rings is 1. The predicted molar refractivity (Wildman–Crippen MR) is 90.2 cm³/mol. The van der Waals surface area contributed by atoms with Crippen LogP contribution in [0.2, 0.25) is 0 Å². The number of ether oxygens (including phenoxy) is 2. The number of aromatic nitrogens is 3. The van der Waals surface area contributed by atoms with Gasteiger partial charge in [0.15, 0.2) is 11.5 Å². The van der Waals surface area contributed by atoms with Crippen LogP contribution in [0.4, 0.5) is 0 Å². The van der Waals surface area contributed by atoms with Gasteiger partial charge in [0.1, 0.15) is 5.82 Å². The van der Waals surface area contributed by atoms with E-state index in [4.69, 9.17) is 14.5 Å². The Morgan fingerprint density at radius 1 is 1.04 bits per heavy atom. The third-order valence-corrected chi connectivity index (χ3v) is 4.80. The molecule has 4 heterocycles. The highest BCUT2D eigenvalue weighted by molar-refractivity contribution is 5.84. The average molecular weight is 322 g/mol. The molecule has 0 amide bonds. The first-order valence-corrected chi connectivity index (χ1v) is 8.33. The molecule has 3 aromatic rings. The molecule has 0 aliphatic carbocycles. The predicted octanol–water partition coefficient (Wildman–Crippen LogP) is 2.75. The smallest absolute Gasteiger partial charge is 0.231 e. The van der Waals surface area contributed by atoms with E-state index in [1.165, 1.54) is 0 Å². The summed E-state index contributed by atoms with van der Waals surface area (Å²) in [6.07, 6.45) is 5.82. The van der Waals surface area contributed by atoms with Crippen molar-refractivity contribution >= 4 is 11.0 Å². The lowest BCUT2D eigenvalue weighted by Crippen LogP contribution is -2.29. The minimum absolute atomic E-state index is 0.284. The molecule has 122 valence electrons. The van der Waals surface area contributed by atoms with Gasteiger partial charge in [-0.2, -0.15) is 0 Å². The van der Waals surface area contributed by atoms with Crippen LogP contribution in [-0.4, -0.2) is 34.4 Å². The molecule has 0 saturated carbocycles. The number of hydrogen-bond acceptors (Lipinski definition) is 5. The number of benzene rings is 1. The van der Waals surface area contributed by atoms with Crippen LogP contribution in [0.5, 0.6) is 11.5 Å². The summed E-state index contributed by atoms with van der Waals surface area (Å²) in [7, 11) is 0. The van der Waals surface area contributed by atoms with E-state index in [-0.39, 0.29) is 6.79 Å². The Balaban J connectivity index is 1.74. The molecular formula is C18H18N4O2. The fourth-order valence-corrected chi connectivity index (χ4v) is 3.62. The Kier molecular flexibility index (Phi) is 3.16. The molecule has 1 fully saturated rings. The van der Waals surface area contributed by atoms with E-state index in [9.17, 15) is 0 Å². The molecule has 1 N–H and O–H groups in total. The zero-order chi connectivity index (χ0) is 15.9. The molecule has 6 heteroatoms. The number of fused-ring (bicyclic) bond motifs is 2. The van der Waals surface area contributed by atoms with Crippen LogP contribution in [0.1, 0.15) is 18.9 Å². The van der Waals surface area contributed by atoms with Crippen molar-refractivity contribution in [2.45, 2.75) is 18.9 Å². The van der Waals surface area contributed by atoms with E-state index in [1.807, 2.05) is 30.6 Å². The van der Waals surface area contributed by atoms with Crippen LogP contribution in [0.15, 0.2) is 36.7 Å². The van der Waals surface area contributed by atoms with Crippen LogP contribution in [-0.2, 0) is 0 Å². The van der Waals surface area contributed by atoms with Crippen LogP contribution in [0.3, 0.4) is 0 Å². The molecule has 1 aromatic carbocycles. The number of pyridine rings is 1. The van der Waals surface area contributed by atoms with Gasteiger partial charge in [-0.15, -0.1) is 0 Å². The van der Waals surface area contributed by atoms with Crippen LogP contribution in [0, 0.1) is 0 Å². The molecule has 24 heavy (non-hydrogen) atoms. The normalized spacial score (nSPS) is 17.5. The molecule has 2 aromatic heterocycles. The second-order valence-electron chi connectivity index (χ2n) is 6.22. The van der Waals surface area contributed by atoms with E-state index in [0.717, 1.165) is 59.9 Å². The molecule has 1 saturated heterocycles. The lowest BCUT2D eigenvalue weighted by Gasteiger charge is -2.26. The zero-order valence-electron chi connectivity index (χ0n) is 13.2. The summed E-state index contributed by atoms with van der Waals surface area (Å²) in [6, 6.07) is 8.51. The summed E-state index contributed by atoms with van der Waals surface area (Å²) in [5.74, 6) is 2.57. The number of rotatable bonds is 2. The molecule has 0 bridgehead atoms. The molecule has 2 aliphatic rings. The van der Waals surface area contributed by atoms with E-state index in [2.05, 4.69) is 20.9 Å². The van der Waals surface area contributed by atoms with Gasteiger partial charge in [-0.05, 0) is 38.1 Å². The maximum atomic E-state index is 5.58. The zero-order valence-corrected chi connectivity index (χ0v) is 13.2. The summed E-state index contributed by atoms with van der Waals surface area (Å²) in [5.41, 5.74) is 3.14. The minimum Gasteiger partial charge on any atom is -0.454 e. The average Bonchev–Trinajstić information content (AvgIpc) is 3.24. The monoisotopic (exact) mass is 322 g/mol. The van der Waals surface area contributed by atoms with E-state index >= 15 is 0 Å². The summed E-state index contributed by atoms with van der Waals surface area (Å²) < 4.78 is 13.5. The Hall–Kier alpha value is -2.60. The van der Waals surface area contributed by atoms with E-state index < -0.39 is 0 Å². The molecule has 0 unspecified atom stereocenters. The van der Waals surface area contributed by atoms with Crippen molar-refractivity contribution in [3.8, 4) is 22.9 Å². The highest BCUT2D eigenvalue weighted by Crippen LogP contribution is 2.39. The molecule has 0 radical (unpaired) electrons. The van der Waals surface area contributed by atoms with Crippen LogP contribution in [0.25, 0.3) is 22.4 Å². The summed E-state index contributed by atoms with van der Waals surface area (Å²) in [4.78, 5) is 9.05. The fraction of sp³-hybridized carbons (Fsp3) is 0.333. The largest absolute Gasteiger partial charge is 0.454 e. The lowest BCUT2D eigenvalue weighted by atomic mass is 10.1. The fourth-order valence-electron chi connectivity index (χ4n) is 3.62. The van der Waals surface area contributed by atoms with Crippen molar-refractivity contribution in [2.24, 2.45) is 0 Å². The first-order valence-electron chi connectivity index (χ1n) is 8.33. The van der Waals surface area contributed by atoms with Gasteiger partial charge >= 0.3 is 0 Å². The van der Waals surface area contributed by atoms with Crippen molar-refractivity contribution in [3.05, 3.63) is 36.7 Å².